The van der Waals surface area contributed by atoms with Gasteiger partial charge < -0.3 is 5.32 Å². The van der Waals surface area contributed by atoms with E-state index in [1.165, 1.54) is 5.56 Å². The first-order valence-electron chi connectivity index (χ1n) is 6.30. The fraction of sp³-hybridized carbons (Fsp3) is 0.643. The molecule has 0 bridgehead atoms. The van der Waals surface area contributed by atoms with E-state index in [4.69, 9.17) is 6.42 Å². The van der Waals surface area contributed by atoms with Gasteiger partial charge in [-0.25, -0.2) is 0 Å². The number of terminal acetylenes is 1. The van der Waals surface area contributed by atoms with Gasteiger partial charge in [0.1, 0.15) is 0 Å². The summed E-state index contributed by atoms with van der Waals surface area (Å²) in [5.41, 5.74) is 2.40. The standard InChI is InChI=1S/C14H23N3/c1-5-6-7-8-17-11-14(13(4)16-17)10-15-9-12(2)3/h1,11-12,15H,6-10H2,2-4H3. The average molecular weight is 233 g/mol. The van der Waals surface area contributed by atoms with E-state index in [-0.39, 0.29) is 0 Å². The van der Waals surface area contributed by atoms with Gasteiger partial charge >= 0.3 is 0 Å². The van der Waals surface area contributed by atoms with Crippen LogP contribution in [0.1, 0.15) is 37.9 Å². The van der Waals surface area contributed by atoms with Crippen LogP contribution in [0.2, 0.25) is 0 Å². The third kappa shape index (κ3) is 5.06. The normalized spacial score (nSPS) is 10.8. The first kappa shape index (κ1) is 13.8. The molecule has 0 amide bonds. The number of aryl methyl sites for hydroxylation is 2. The predicted molar refractivity (Wildman–Crippen MR) is 71.6 cm³/mol. The van der Waals surface area contributed by atoms with Gasteiger partial charge in [0.05, 0.1) is 5.69 Å². The molecular weight excluding hydrogens is 210 g/mol. The molecule has 0 aliphatic rings. The maximum absolute atomic E-state index is 5.23. The van der Waals surface area contributed by atoms with Gasteiger partial charge in [-0.15, -0.1) is 12.3 Å². The van der Waals surface area contributed by atoms with Crippen LogP contribution < -0.4 is 5.32 Å². The highest BCUT2D eigenvalue weighted by atomic mass is 15.3. The van der Waals surface area contributed by atoms with Crippen LogP contribution in [0.25, 0.3) is 0 Å². The molecule has 3 heteroatoms. The smallest absolute Gasteiger partial charge is 0.0638 e. The summed E-state index contributed by atoms with van der Waals surface area (Å²) in [6.45, 7) is 9.34. The molecule has 0 radical (unpaired) electrons. The maximum atomic E-state index is 5.23. The van der Waals surface area contributed by atoms with Gasteiger partial charge in [-0.05, 0) is 25.8 Å². The Bertz CT molecular complexity index is 371. The van der Waals surface area contributed by atoms with Gasteiger partial charge in [0.25, 0.3) is 0 Å². The quantitative estimate of drug-likeness (QED) is 0.579. The van der Waals surface area contributed by atoms with Crippen LogP contribution in [0.4, 0.5) is 0 Å². The Labute approximate surface area is 105 Å². The number of rotatable bonds is 7. The summed E-state index contributed by atoms with van der Waals surface area (Å²) in [5, 5.41) is 7.93. The van der Waals surface area contributed by atoms with Gasteiger partial charge in [0.15, 0.2) is 0 Å². The molecule has 0 spiro atoms. The fourth-order valence-electron chi connectivity index (χ4n) is 1.69. The monoisotopic (exact) mass is 233 g/mol. The molecule has 0 saturated heterocycles. The summed E-state index contributed by atoms with van der Waals surface area (Å²) < 4.78 is 2.00. The van der Waals surface area contributed by atoms with E-state index in [0.717, 1.165) is 38.2 Å². The van der Waals surface area contributed by atoms with Gasteiger partial charge in [-0.3, -0.25) is 4.68 Å². The second kappa shape index (κ2) is 7.13. The minimum Gasteiger partial charge on any atom is -0.312 e. The first-order valence-corrected chi connectivity index (χ1v) is 6.30. The zero-order chi connectivity index (χ0) is 12.7. The van der Waals surface area contributed by atoms with Crippen molar-refractivity contribution in [2.45, 2.75) is 46.7 Å². The molecule has 3 nitrogen and oxygen atoms in total. The molecule has 1 aromatic heterocycles. The Morgan fingerprint density at radius 3 is 2.94 bits per heavy atom. The van der Waals surface area contributed by atoms with Crippen molar-refractivity contribution >= 4 is 0 Å². The number of hydrogen-bond acceptors (Lipinski definition) is 2. The maximum Gasteiger partial charge on any atom is 0.0638 e. The second-order valence-electron chi connectivity index (χ2n) is 4.84. The molecule has 1 rings (SSSR count). The van der Waals surface area contributed by atoms with Gasteiger partial charge in [0.2, 0.25) is 0 Å². The van der Waals surface area contributed by atoms with Crippen molar-refractivity contribution < 1.29 is 0 Å². The first-order chi connectivity index (χ1) is 8.13. The van der Waals surface area contributed by atoms with Crippen LogP contribution in [0, 0.1) is 25.2 Å². The van der Waals surface area contributed by atoms with Crippen molar-refractivity contribution in [1.29, 1.82) is 0 Å². The summed E-state index contributed by atoms with van der Waals surface area (Å²) in [6.07, 6.45) is 9.17. The largest absolute Gasteiger partial charge is 0.312 e. The number of hydrogen-bond donors (Lipinski definition) is 1. The average Bonchev–Trinajstić information content (AvgIpc) is 2.60. The molecule has 0 aliphatic carbocycles. The van der Waals surface area contributed by atoms with Crippen molar-refractivity contribution in [2.75, 3.05) is 6.54 Å². The molecule has 94 valence electrons. The van der Waals surface area contributed by atoms with Crippen molar-refractivity contribution in [2.24, 2.45) is 5.92 Å². The Kier molecular flexibility index (Phi) is 5.79. The molecule has 0 aliphatic heterocycles. The Morgan fingerprint density at radius 1 is 1.53 bits per heavy atom. The van der Waals surface area contributed by atoms with E-state index in [2.05, 4.69) is 43.3 Å². The third-order valence-corrected chi connectivity index (χ3v) is 2.62. The third-order valence-electron chi connectivity index (χ3n) is 2.62. The summed E-state index contributed by atoms with van der Waals surface area (Å²) in [5.74, 6) is 3.33. The molecular formula is C14H23N3. The van der Waals surface area contributed by atoms with Crippen LogP contribution in [-0.4, -0.2) is 16.3 Å². The molecule has 0 unspecified atom stereocenters. The number of aromatic nitrogens is 2. The van der Waals surface area contributed by atoms with Gasteiger partial charge in [-0.1, -0.05) is 13.8 Å². The lowest BCUT2D eigenvalue weighted by Crippen LogP contribution is -2.19. The van der Waals surface area contributed by atoms with Crippen LogP contribution in [0.5, 0.6) is 0 Å². The van der Waals surface area contributed by atoms with Crippen LogP contribution in [-0.2, 0) is 13.1 Å². The molecule has 1 N–H and O–H groups in total. The van der Waals surface area contributed by atoms with E-state index in [9.17, 15) is 0 Å². The van der Waals surface area contributed by atoms with Crippen molar-refractivity contribution in [3.63, 3.8) is 0 Å². The molecule has 1 aromatic rings. The molecule has 1 heterocycles. The van der Waals surface area contributed by atoms with Crippen LogP contribution in [0.3, 0.4) is 0 Å². The van der Waals surface area contributed by atoms with E-state index >= 15 is 0 Å². The van der Waals surface area contributed by atoms with E-state index in [1.807, 2.05) is 4.68 Å². The molecule has 0 aromatic carbocycles. The Balaban J connectivity index is 2.42. The summed E-state index contributed by atoms with van der Waals surface area (Å²) in [4.78, 5) is 0. The van der Waals surface area contributed by atoms with E-state index in [1.54, 1.807) is 0 Å². The number of nitrogens with one attached hydrogen (secondary N) is 1. The lowest BCUT2D eigenvalue weighted by Gasteiger charge is -2.05. The fourth-order valence-corrected chi connectivity index (χ4v) is 1.69. The van der Waals surface area contributed by atoms with Gasteiger partial charge in [0, 0.05) is 31.3 Å². The van der Waals surface area contributed by atoms with Crippen LogP contribution in [0.15, 0.2) is 6.20 Å². The summed E-state index contributed by atoms with van der Waals surface area (Å²) in [7, 11) is 0. The lowest BCUT2D eigenvalue weighted by molar-refractivity contribution is 0.550. The van der Waals surface area contributed by atoms with Gasteiger partial charge in [-0.2, -0.15) is 5.10 Å². The molecule has 0 atom stereocenters. The SMILES string of the molecule is C#CCCCn1cc(CNCC(C)C)c(C)n1. The topological polar surface area (TPSA) is 29.9 Å². The molecule has 17 heavy (non-hydrogen) atoms. The highest BCUT2D eigenvalue weighted by Crippen LogP contribution is 2.06. The highest BCUT2D eigenvalue weighted by Gasteiger charge is 2.04. The van der Waals surface area contributed by atoms with Crippen molar-refractivity contribution in [3.8, 4) is 12.3 Å². The predicted octanol–water partition coefficient (Wildman–Crippen LogP) is 2.35. The second-order valence-corrected chi connectivity index (χ2v) is 4.84. The Morgan fingerprint density at radius 2 is 2.29 bits per heavy atom. The lowest BCUT2D eigenvalue weighted by atomic mass is 10.2. The number of unbranched alkanes of at least 4 members (excludes halogenated alkanes) is 1. The molecule has 0 saturated carbocycles. The molecule has 0 fully saturated rings. The zero-order valence-electron chi connectivity index (χ0n) is 11.2. The minimum absolute atomic E-state index is 0.681. The summed E-state index contributed by atoms with van der Waals surface area (Å²) in [6, 6.07) is 0. The van der Waals surface area contributed by atoms with Crippen molar-refractivity contribution in [3.05, 3.63) is 17.5 Å². The number of nitrogens with zero attached hydrogens (tertiary/aromatic N) is 2. The van der Waals surface area contributed by atoms with Crippen LogP contribution >= 0.6 is 0 Å². The van der Waals surface area contributed by atoms with E-state index < -0.39 is 0 Å². The van der Waals surface area contributed by atoms with Crippen molar-refractivity contribution in [1.82, 2.24) is 15.1 Å². The highest BCUT2D eigenvalue weighted by molar-refractivity contribution is 5.15. The van der Waals surface area contributed by atoms with E-state index in [0.29, 0.717) is 5.92 Å². The Hall–Kier alpha value is -1.27. The summed E-state index contributed by atoms with van der Waals surface area (Å²) >= 11 is 0. The zero-order valence-corrected chi connectivity index (χ0v) is 11.2. The minimum atomic E-state index is 0.681.